The van der Waals surface area contributed by atoms with Crippen LogP contribution in [0.5, 0.6) is 5.75 Å². The second kappa shape index (κ2) is 5.15. The van der Waals surface area contributed by atoms with Gasteiger partial charge < -0.3 is 4.74 Å². The number of ether oxygens (including phenoxy) is 1. The Morgan fingerprint density at radius 2 is 2.29 bits per heavy atom. The number of benzene rings is 1. The molecule has 1 rings (SSSR count). The highest BCUT2D eigenvalue weighted by molar-refractivity contribution is 9.10. The smallest absolute Gasteiger partial charge is 0.169 e. The van der Waals surface area contributed by atoms with E-state index in [4.69, 9.17) is 4.74 Å². The summed E-state index contributed by atoms with van der Waals surface area (Å²) in [6.45, 7) is 6.13. The summed E-state index contributed by atoms with van der Waals surface area (Å²) in [5.41, 5.74) is 0.945. The number of hydrogen-bond donors (Lipinski definition) is 0. The van der Waals surface area contributed by atoms with Crippen LogP contribution in [-0.2, 0) is 0 Å². The molecule has 0 saturated heterocycles. The standard InChI is InChI=1S/C11H12BrFO/c1-3-8(2)7-14-11-9(12)5-4-6-10(11)13/h4-6H,2-3,7H2,1H3. The summed E-state index contributed by atoms with van der Waals surface area (Å²) in [5, 5.41) is 0. The first kappa shape index (κ1) is 11.2. The van der Waals surface area contributed by atoms with E-state index in [9.17, 15) is 4.39 Å². The molecule has 0 radical (unpaired) electrons. The van der Waals surface area contributed by atoms with Crippen molar-refractivity contribution in [2.75, 3.05) is 6.61 Å². The van der Waals surface area contributed by atoms with E-state index >= 15 is 0 Å². The van der Waals surface area contributed by atoms with Gasteiger partial charge in [-0.1, -0.05) is 19.6 Å². The van der Waals surface area contributed by atoms with Gasteiger partial charge in [0.2, 0.25) is 0 Å². The Morgan fingerprint density at radius 1 is 1.57 bits per heavy atom. The molecule has 3 heteroatoms. The van der Waals surface area contributed by atoms with E-state index in [0.29, 0.717) is 11.1 Å². The minimum Gasteiger partial charge on any atom is -0.485 e. The fourth-order valence-corrected chi connectivity index (χ4v) is 1.35. The number of halogens is 2. The summed E-state index contributed by atoms with van der Waals surface area (Å²) >= 11 is 3.22. The van der Waals surface area contributed by atoms with Crippen molar-refractivity contribution in [3.05, 3.63) is 40.6 Å². The van der Waals surface area contributed by atoms with E-state index in [1.54, 1.807) is 12.1 Å². The summed E-state index contributed by atoms with van der Waals surface area (Å²) in [5.74, 6) is -0.106. The first-order chi connectivity index (χ1) is 6.65. The average Bonchev–Trinajstić information content (AvgIpc) is 2.16. The monoisotopic (exact) mass is 258 g/mol. The van der Waals surface area contributed by atoms with E-state index in [1.807, 2.05) is 6.92 Å². The summed E-state index contributed by atoms with van der Waals surface area (Å²) in [4.78, 5) is 0. The lowest BCUT2D eigenvalue weighted by Gasteiger charge is -2.09. The summed E-state index contributed by atoms with van der Waals surface area (Å²) in [7, 11) is 0. The molecule has 1 aromatic rings. The zero-order valence-electron chi connectivity index (χ0n) is 8.02. The van der Waals surface area contributed by atoms with E-state index < -0.39 is 0 Å². The molecule has 76 valence electrons. The van der Waals surface area contributed by atoms with Gasteiger partial charge in [-0.05, 0) is 40.1 Å². The first-order valence-electron chi connectivity index (χ1n) is 4.38. The molecule has 0 unspecified atom stereocenters. The van der Waals surface area contributed by atoms with Crippen LogP contribution in [0.4, 0.5) is 4.39 Å². The predicted octanol–water partition coefficient (Wildman–Crippen LogP) is 3.93. The molecule has 0 aromatic heterocycles. The lowest BCUT2D eigenvalue weighted by molar-refractivity contribution is 0.327. The lowest BCUT2D eigenvalue weighted by Crippen LogP contribution is -2.01. The topological polar surface area (TPSA) is 9.23 Å². The molecule has 0 amide bonds. The fourth-order valence-electron chi connectivity index (χ4n) is 0.897. The molecule has 0 aliphatic rings. The van der Waals surface area contributed by atoms with Crippen molar-refractivity contribution >= 4 is 15.9 Å². The van der Waals surface area contributed by atoms with Crippen LogP contribution in [0.15, 0.2) is 34.8 Å². The van der Waals surface area contributed by atoms with Crippen molar-refractivity contribution in [3.63, 3.8) is 0 Å². The summed E-state index contributed by atoms with van der Waals surface area (Å²) < 4.78 is 19.1. The van der Waals surface area contributed by atoms with Crippen molar-refractivity contribution < 1.29 is 9.13 Å². The zero-order valence-corrected chi connectivity index (χ0v) is 9.60. The van der Waals surface area contributed by atoms with Gasteiger partial charge >= 0.3 is 0 Å². The largest absolute Gasteiger partial charge is 0.485 e. The van der Waals surface area contributed by atoms with Crippen LogP contribution in [-0.4, -0.2) is 6.61 Å². The Kier molecular flexibility index (Phi) is 4.14. The second-order valence-corrected chi connectivity index (χ2v) is 3.80. The lowest BCUT2D eigenvalue weighted by atomic mass is 10.2. The summed E-state index contributed by atoms with van der Waals surface area (Å²) in [6, 6.07) is 4.74. The van der Waals surface area contributed by atoms with Gasteiger partial charge in [-0.15, -0.1) is 0 Å². The Labute approximate surface area is 91.7 Å². The molecular formula is C11H12BrFO. The van der Waals surface area contributed by atoms with Gasteiger partial charge in [0, 0.05) is 0 Å². The molecule has 1 aromatic carbocycles. The molecule has 14 heavy (non-hydrogen) atoms. The van der Waals surface area contributed by atoms with Crippen LogP contribution >= 0.6 is 15.9 Å². The molecule has 0 aliphatic carbocycles. The van der Waals surface area contributed by atoms with Gasteiger partial charge in [0.1, 0.15) is 6.61 Å². The maximum absolute atomic E-state index is 13.2. The number of hydrogen-bond acceptors (Lipinski definition) is 1. The molecule has 0 saturated carbocycles. The van der Waals surface area contributed by atoms with Crippen LogP contribution in [0.25, 0.3) is 0 Å². The Bertz CT molecular complexity index is 316. The van der Waals surface area contributed by atoms with Gasteiger partial charge in [-0.2, -0.15) is 0 Å². The van der Waals surface area contributed by atoms with E-state index in [2.05, 4.69) is 22.5 Å². The van der Waals surface area contributed by atoms with Gasteiger partial charge in [-0.3, -0.25) is 0 Å². The maximum atomic E-state index is 13.2. The van der Waals surface area contributed by atoms with Crippen LogP contribution in [0.1, 0.15) is 13.3 Å². The fraction of sp³-hybridized carbons (Fsp3) is 0.273. The van der Waals surface area contributed by atoms with Crippen LogP contribution < -0.4 is 4.74 Å². The number of para-hydroxylation sites is 1. The molecule has 1 nitrogen and oxygen atoms in total. The molecule has 0 fully saturated rings. The van der Waals surface area contributed by atoms with E-state index in [1.165, 1.54) is 6.07 Å². The first-order valence-corrected chi connectivity index (χ1v) is 5.18. The van der Waals surface area contributed by atoms with E-state index in [-0.39, 0.29) is 11.6 Å². The minimum absolute atomic E-state index is 0.252. The Hall–Kier alpha value is -0.830. The average molecular weight is 259 g/mol. The van der Waals surface area contributed by atoms with Crippen LogP contribution in [0.3, 0.4) is 0 Å². The van der Waals surface area contributed by atoms with Gasteiger partial charge in [0.05, 0.1) is 4.47 Å². The quantitative estimate of drug-likeness (QED) is 0.744. The van der Waals surface area contributed by atoms with Crippen molar-refractivity contribution in [1.82, 2.24) is 0 Å². The zero-order chi connectivity index (χ0) is 10.6. The second-order valence-electron chi connectivity index (χ2n) is 2.94. The highest BCUT2D eigenvalue weighted by Crippen LogP contribution is 2.27. The van der Waals surface area contributed by atoms with Gasteiger partial charge in [-0.25, -0.2) is 4.39 Å². The van der Waals surface area contributed by atoms with Gasteiger partial charge in [0.25, 0.3) is 0 Å². The molecule has 0 spiro atoms. The third-order valence-electron chi connectivity index (χ3n) is 1.84. The third kappa shape index (κ3) is 2.84. The third-order valence-corrected chi connectivity index (χ3v) is 2.46. The molecule has 0 heterocycles. The Morgan fingerprint density at radius 3 is 2.86 bits per heavy atom. The molecule has 0 N–H and O–H groups in total. The normalized spacial score (nSPS) is 9.93. The molecule has 0 bridgehead atoms. The van der Waals surface area contributed by atoms with E-state index in [0.717, 1.165) is 12.0 Å². The summed E-state index contributed by atoms with van der Waals surface area (Å²) in [6.07, 6.45) is 0.839. The van der Waals surface area contributed by atoms with Gasteiger partial charge in [0.15, 0.2) is 11.6 Å². The SMILES string of the molecule is C=C(CC)COc1c(F)cccc1Br. The van der Waals surface area contributed by atoms with Crippen molar-refractivity contribution in [1.29, 1.82) is 0 Å². The predicted molar refractivity (Wildman–Crippen MR) is 59.0 cm³/mol. The minimum atomic E-state index is -0.358. The number of rotatable bonds is 4. The molecular weight excluding hydrogens is 247 g/mol. The van der Waals surface area contributed by atoms with Crippen molar-refractivity contribution in [3.8, 4) is 5.75 Å². The Balaban J connectivity index is 2.71. The highest BCUT2D eigenvalue weighted by atomic mass is 79.9. The van der Waals surface area contributed by atoms with Crippen molar-refractivity contribution in [2.24, 2.45) is 0 Å². The highest BCUT2D eigenvalue weighted by Gasteiger charge is 2.07. The van der Waals surface area contributed by atoms with Crippen LogP contribution in [0, 0.1) is 5.82 Å². The maximum Gasteiger partial charge on any atom is 0.169 e. The molecule has 0 aliphatic heterocycles. The molecule has 0 atom stereocenters. The van der Waals surface area contributed by atoms with Crippen LogP contribution in [0.2, 0.25) is 0 Å². The van der Waals surface area contributed by atoms with Crippen molar-refractivity contribution in [2.45, 2.75) is 13.3 Å².